The van der Waals surface area contributed by atoms with Crippen molar-refractivity contribution in [2.24, 2.45) is 0 Å². The van der Waals surface area contributed by atoms with Gasteiger partial charge in [0, 0.05) is 5.02 Å². The summed E-state index contributed by atoms with van der Waals surface area (Å²) in [6, 6.07) is 10.5. The highest BCUT2D eigenvalue weighted by molar-refractivity contribution is 6.40. The van der Waals surface area contributed by atoms with Crippen LogP contribution in [0.5, 0.6) is 5.75 Å². The van der Waals surface area contributed by atoms with Crippen molar-refractivity contribution in [1.82, 2.24) is 5.32 Å². The third kappa shape index (κ3) is 4.73. The van der Waals surface area contributed by atoms with E-state index in [0.717, 1.165) is 12.1 Å². The number of carbonyl (C=O) groups excluding carboxylic acids is 2. The minimum atomic E-state index is -5.09. The zero-order valence-electron chi connectivity index (χ0n) is 14.5. The van der Waals surface area contributed by atoms with Crippen LogP contribution in [0.1, 0.15) is 5.56 Å². The summed E-state index contributed by atoms with van der Waals surface area (Å²) in [4.78, 5) is 24.0. The number of hydrogen-bond acceptors (Lipinski definition) is 4. The Morgan fingerprint density at radius 1 is 1.11 bits per heavy atom. The number of methoxy groups -OCH3 is 1. The van der Waals surface area contributed by atoms with Crippen LogP contribution in [0.3, 0.4) is 0 Å². The number of rotatable bonds is 5. The first-order valence-electron chi connectivity index (χ1n) is 7.86. The molecule has 0 spiro atoms. The zero-order valence-corrected chi connectivity index (χ0v) is 15.3. The van der Waals surface area contributed by atoms with E-state index in [0.29, 0.717) is 0 Å². The van der Waals surface area contributed by atoms with E-state index in [1.807, 2.05) is 0 Å². The Kier molecular flexibility index (Phi) is 6.52. The number of alkyl halides is 3. The Morgan fingerprint density at radius 3 is 2.32 bits per heavy atom. The molecule has 2 rings (SSSR count). The Bertz CT molecular complexity index is 862. The van der Waals surface area contributed by atoms with Gasteiger partial charge in [0.2, 0.25) is 5.60 Å². The van der Waals surface area contributed by atoms with Gasteiger partial charge in [0.25, 0.3) is 0 Å². The van der Waals surface area contributed by atoms with E-state index in [1.54, 1.807) is 5.32 Å². The largest absolute Gasteiger partial charge is 0.495 e. The zero-order chi connectivity index (χ0) is 20.9. The van der Waals surface area contributed by atoms with Crippen molar-refractivity contribution in [2.75, 3.05) is 19.0 Å². The fourth-order valence-corrected chi connectivity index (χ4v) is 2.50. The molecular weight excluding hydrogens is 401 g/mol. The summed E-state index contributed by atoms with van der Waals surface area (Å²) in [6.07, 6.45) is -5.09. The number of amides is 2. The van der Waals surface area contributed by atoms with Gasteiger partial charge in [-0.3, -0.25) is 9.59 Å². The second kappa shape index (κ2) is 8.49. The molecule has 0 unspecified atom stereocenters. The fourth-order valence-electron chi connectivity index (χ4n) is 2.33. The molecule has 6 nitrogen and oxygen atoms in total. The maximum atomic E-state index is 13.4. The van der Waals surface area contributed by atoms with Gasteiger partial charge in [-0.2, -0.15) is 13.2 Å². The summed E-state index contributed by atoms with van der Waals surface area (Å²) in [5.74, 6) is -2.43. The second-order valence-corrected chi connectivity index (χ2v) is 6.14. The van der Waals surface area contributed by atoms with E-state index in [-0.39, 0.29) is 16.5 Å². The van der Waals surface area contributed by atoms with Gasteiger partial charge in [0.15, 0.2) is 0 Å². The second-order valence-electron chi connectivity index (χ2n) is 5.71. The van der Waals surface area contributed by atoms with E-state index in [2.05, 4.69) is 5.32 Å². The minimum absolute atomic E-state index is 0.0595. The SMILES string of the molecule is COc1ccc(Cl)cc1NC(=O)C(=O)NC[C@@](O)(c1ccccc1)C(F)(F)F. The molecule has 0 aliphatic heterocycles. The van der Waals surface area contributed by atoms with Gasteiger partial charge in [-0.15, -0.1) is 0 Å². The van der Waals surface area contributed by atoms with Crippen LogP contribution in [0.25, 0.3) is 0 Å². The number of carbonyl (C=O) groups is 2. The lowest BCUT2D eigenvalue weighted by Crippen LogP contribution is -2.52. The number of aliphatic hydroxyl groups is 1. The molecule has 0 aromatic heterocycles. The summed E-state index contributed by atoms with van der Waals surface area (Å²) in [7, 11) is 1.32. The lowest BCUT2D eigenvalue weighted by atomic mass is 9.93. The standard InChI is InChI=1S/C18H16ClF3N2O4/c1-28-14-8-7-12(19)9-13(14)24-16(26)15(25)23-10-17(27,18(20,21)22)11-5-3-2-4-6-11/h2-9,27H,10H2,1H3,(H,23,25)(H,24,26)/t17-/m1/s1. The number of anilines is 1. The van der Waals surface area contributed by atoms with E-state index in [9.17, 15) is 27.9 Å². The summed E-state index contributed by atoms with van der Waals surface area (Å²) in [6.45, 7) is -1.25. The minimum Gasteiger partial charge on any atom is -0.495 e. The summed E-state index contributed by atoms with van der Waals surface area (Å²) >= 11 is 5.81. The van der Waals surface area contributed by atoms with E-state index in [4.69, 9.17) is 16.3 Å². The molecule has 0 saturated carbocycles. The van der Waals surface area contributed by atoms with E-state index >= 15 is 0 Å². The lowest BCUT2D eigenvalue weighted by molar-refractivity contribution is -0.264. The summed E-state index contributed by atoms with van der Waals surface area (Å²) in [5, 5.41) is 14.4. The van der Waals surface area contributed by atoms with E-state index in [1.165, 1.54) is 43.5 Å². The van der Waals surface area contributed by atoms with Gasteiger partial charge in [-0.1, -0.05) is 41.9 Å². The van der Waals surface area contributed by atoms with Gasteiger partial charge in [-0.25, -0.2) is 0 Å². The van der Waals surface area contributed by atoms with Crippen molar-refractivity contribution in [2.45, 2.75) is 11.8 Å². The van der Waals surface area contributed by atoms with E-state index < -0.39 is 35.7 Å². The first-order valence-corrected chi connectivity index (χ1v) is 8.23. The van der Waals surface area contributed by atoms with Crippen LogP contribution in [0.15, 0.2) is 48.5 Å². The Balaban J connectivity index is 2.13. The van der Waals surface area contributed by atoms with Crippen LogP contribution < -0.4 is 15.4 Å². The number of benzene rings is 2. The van der Waals surface area contributed by atoms with Gasteiger partial charge >= 0.3 is 18.0 Å². The fraction of sp³-hybridized carbons (Fsp3) is 0.222. The topological polar surface area (TPSA) is 87.7 Å². The molecule has 0 radical (unpaired) electrons. The quantitative estimate of drug-likeness (QED) is 0.654. The molecule has 0 saturated heterocycles. The smallest absolute Gasteiger partial charge is 0.423 e. The van der Waals surface area contributed by atoms with Crippen LogP contribution in [-0.4, -0.2) is 36.8 Å². The number of ether oxygens (including phenoxy) is 1. The molecule has 0 bridgehead atoms. The number of hydrogen-bond donors (Lipinski definition) is 3. The average molecular weight is 417 g/mol. The molecule has 150 valence electrons. The van der Waals surface area contributed by atoms with Gasteiger partial charge in [-0.05, 0) is 23.8 Å². The molecule has 0 fully saturated rings. The maximum Gasteiger partial charge on any atom is 0.423 e. The Morgan fingerprint density at radius 2 is 1.75 bits per heavy atom. The molecule has 2 aromatic carbocycles. The van der Waals surface area contributed by atoms with Gasteiger partial charge < -0.3 is 20.5 Å². The molecule has 28 heavy (non-hydrogen) atoms. The third-order valence-corrected chi connectivity index (χ3v) is 4.08. The first kappa shape index (κ1) is 21.5. The molecule has 2 aromatic rings. The lowest BCUT2D eigenvalue weighted by Gasteiger charge is -2.31. The van der Waals surface area contributed by atoms with Crippen LogP contribution >= 0.6 is 11.6 Å². The van der Waals surface area contributed by atoms with Crippen molar-refractivity contribution < 1.29 is 32.6 Å². The van der Waals surface area contributed by atoms with Crippen molar-refractivity contribution in [3.05, 3.63) is 59.1 Å². The van der Waals surface area contributed by atoms with Gasteiger partial charge in [0.05, 0.1) is 19.3 Å². The van der Waals surface area contributed by atoms with Crippen LogP contribution in [-0.2, 0) is 15.2 Å². The summed E-state index contributed by atoms with van der Waals surface area (Å²) < 4.78 is 45.2. The van der Waals surface area contributed by atoms with Crippen LogP contribution in [0.2, 0.25) is 5.02 Å². The Hall–Kier alpha value is -2.78. The predicted octanol–water partition coefficient (Wildman–Crippen LogP) is 2.85. The predicted molar refractivity (Wildman–Crippen MR) is 96.0 cm³/mol. The molecule has 0 aliphatic rings. The molecular formula is C18H16ClF3N2O4. The Labute approximate surface area is 163 Å². The van der Waals surface area contributed by atoms with Crippen molar-refractivity contribution in [1.29, 1.82) is 0 Å². The van der Waals surface area contributed by atoms with Crippen LogP contribution in [0, 0.1) is 0 Å². The van der Waals surface area contributed by atoms with Crippen molar-refractivity contribution in [3.63, 3.8) is 0 Å². The molecule has 1 atom stereocenters. The first-order chi connectivity index (χ1) is 13.1. The maximum absolute atomic E-state index is 13.4. The molecule has 10 heteroatoms. The third-order valence-electron chi connectivity index (χ3n) is 3.84. The number of halogens is 4. The molecule has 0 aliphatic carbocycles. The highest BCUT2D eigenvalue weighted by atomic mass is 35.5. The highest BCUT2D eigenvalue weighted by Crippen LogP contribution is 2.38. The molecule has 2 amide bonds. The number of nitrogens with one attached hydrogen (secondary N) is 2. The molecule has 3 N–H and O–H groups in total. The van der Waals surface area contributed by atoms with Crippen molar-refractivity contribution >= 4 is 29.1 Å². The average Bonchev–Trinajstić information content (AvgIpc) is 2.65. The van der Waals surface area contributed by atoms with Gasteiger partial charge in [0.1, 0.15) is 5.75 Å². The summed E-state index contributed by atoms with van der Waals surface area (Å²) in [5.41, 5.74) is -3.78. The monoisotopic (exact) mass is 416 g/mol. The normalized spacial score (nSPS) is 13.4. The van der Waals surface area contributed by atoms with Crippen LogP contribution in [0.4, 0.5) is 18.9 Å². The highest BCUT2D eigenvalue weighted by Gasteiger charge is 2.55. The van der Waals surface area contributed by atoms with Crippen molar-refractivity contribution in [3.8, 4) is 5.75 Å². The molecule has 0 heterocycles.